The highest BCUT2D eigenvalue weighted by molar-refractivity contribution is 7.11. The number of alkyl halides is 3. The van der Waals surface area contributed by atoms with Crippen LogP contribution in [0.5, 0.6) is 0 Å². The summed E-state index contributed by atoms with van der Waals surface area (Å²) in [6.45, 7) is 5.10. The maximum atomic E-state index is 12.9. The van der Waals surface area contributed by atoms with Gasteiger partial charge in [-0.05, 0) is 38.8 Å². The summed E-state index contributed by atoms with van der Waals surface area (Å²) in [7, 11) is 0. The van der Waals surface area contributed by atoms with E-state index in [-0.39, 0.29) is 17.5 Å². The highest BCUT2D eigenvalue weighted by Gasteiger charge is 2.34. The molecule has 3 rings (SSSR count). The fourth-order valence-corrected chi connectivity index (χ4v) is 4.68. The number of nitro benzene ring substituents is 1. The smallest absolute Gasteiger partial charge is 0.366 e. The van der Waals surface area contributed by atoms with E-state index in [1.54, 1.807) is 16.2 Å². The van der Waals surface area contributed by atoms with Crippen molar-refractivity contribution in [3.8, 4) is 0 Å². The normalized spacial score (nSPS) is 15.2. The van der Waals surface area contributed by atoms with Crippen molar-refractivity contribution < 1.29 is 22.9 Å². The van der Waals surface area contributed by atoms with Crippen LogP contribution < -0.4 is 10.2 Å². The van der Waals surface area contributed by atoms with Gasteiger partial charge in [0.05, 0.1) is 21.2 Å². The van der Waals surface area contributed by atoms with E-state index >= 15 is 0 Å². The highest BCUT2D eigenvalue weighted by Crippen LogP contribution is 2.37. The SMILES string of the molecule is Cc1nc(C)c(CCNC(=O)C2CCN(c3ccc(C(F)(F)F)cc3[N+](=O)[O-])CC2)s1. The van der Waals surface area contributed by atoms with Crippen molar-refractivity contribution >= 4 is 28.6 Å². The topological polar surface area (TPSA) is 88.4 Å². The molecule has 11 heteroatoms. The predicted molar refractivity (Wildman–Crippen MR) is 111 cm³/mol. The molecule has 0 radical (unpaired) electrons. The van der Waals surface area contributed by atoms with Gasteiger partial charge >= 0.3 is 6.18 Å². The molecule has 0 saturated carbocycles. The van der Waals surface area contributed by atoms with Gasteiger partial charge in [-0.25, -0.2) is 4.98 Å². The van der Waals surface area contributed by atoms with Crippen LogP contribution in [-0.2, 0) is 17.4 Å². The zero-order valence-corrected chi connectivity index (χ0v) is 18.0. The van der Waals surface area contributed by atoms with Gasteiger partial charge in [-0.15, -0.1) is 11.3 Å². The first kappa shape index (κ1) is 23.0. The summed E-state index contributed by atoms with van der Waals surface area (Å²) in [4.78, 5) is 30.2. The minimum atomic E-state index is -4.65. The minimum Gasteiger partial charge on any atom is -0.366 e. The Labute approximate surface area is 181 Å². The summed E-state index contributed by atoms with van der Waals surface area (Å²) in [5, 5.41) is 15.2. The molecule has 0 aliphatic carbocycles. The summed E-state index contributed by atoms with van der Waals surface area (Å²) >= 11 is 1.61. The Kier molecular flexibility index (Phi) is 6.83. The van der Waals surface area contributed by atoms with Crippen LogP contribution in [0.15, 0.2) is 18.2 Å². The highest BCUT2D eigenvalue weighted by atomic mass is 32.1. The van der Waals surface area contributed by atoms with Crippen LogP contribution in [0.2, 0.25) is 0 Å². The van der Waals surface area contributed by atoms with Gasteiger partial charge in [-0.1, -0.05) is 0 Å². The molecule has 2 heterocycles. The average molecular weight is 456 g/mol. The van der Waals surface area contributed by atoms with E-state index in [0.717, 1.165) is 27.7 Å². The average Bonchev–Trinajstić information content (AvgIpc) is 3.03. The molecule has 1 amide bonds. The number of thiazole rings is 1. The van der Waals surface area contributed by atoms with Crippen molar-refractivity contribution in [1.82, 2.24) is 10.3 Å². The number of benzene rings is 1. The number of amides is 1. The molecule has 1 fully saturated rings. The standard InChI is InChI=1S/C20H23F3N4O3S/c1-12-18(31-13(2)25-12)5-8-24-19(28)14-6-9-26(10-7-14)16-4-3-15(20(21,22)23)11-17(16)27(29)30/h3-4,11,14H,5-10H2,1-2H3,(H,24,28). The second-order valence-corrected chi connectivity index (χ2v) is 8.79. The molecule has 1 saturated heterocycles. The maximum Gasteiger partial charge on any atom is 0.416 e. The molecule has 2 aromatic rings. The van der Waals surface area contributed by atoms with E-state index in [2.05, 4.69) is 10.3 Å². The third-order valence-corrected chi connectivity index (χ3v) is 6.49. The van der Waals surface area contributed by atoms with Crippen molar-refractivity contribution in [1.29, 1.82) is 0 Å². The Balaban J connectivity index is 1.57. The van der Waals surface area contributed by atoms with Gasteiger partial charge < -0.3 is 10.2 Å². The summed E-state index contributed by atoms with van der Waals surface area (Å²) in [5.74, 6) is -0.297. The molecular weight excluding hydrogens is 433 g/mol. The Bertz CT molecular complexity index is 969. The lowest BCUT2D eigenvalue weighted by atomic mass is 9.95. The number of hydrogen-bond acceptors (Lipinski definition) is 6. The molecule has 0 atom stereocenters. The van der Waals surface area contributed by atoms with Crippen molar-refractivity contribution in [2.45, 2.75) is 39.3 Å². The number of nitro groups is 1. The number of nitrogens with one attached hydrogen (secondary N) is 1. The Hall–Kier alpha value is -2.69. The van der Waals surface area contributed by atoms with Gasteiger partial charge in [0.2, 0.25) is 5.91 Å². The first-order valence-electron chi connectivity index (χ1n) is 9.87. The molecule has 168 valence electrons. The number of hydrogen-bond donors (Lipinski definition) is 1. The van der Waals surface area contributed by atoms with Gasteiger partial charge in [0.1, 0.15) is 5.69 Å². The first-order valence-corrected chi connectivity index (χ1v) is 10.7. The number of rotatable bonds is 6. The fourth-order valence-electron chi connectivity index (χ4n) is 3.74. The van der Waals surface area contributed by atoms with Crippen LogP contribution in [0.1, 0.15) is 34.0 Å². The van der Waals surface area contributed by atoms with E-state index < -0.39 is 22.4 Å². The third-order valence-electron chi connectivity index (χ3n) is 5.36. The molecule has 0 spiro atoms. The van der Waals surface area contributed by atoms with E-state index in [1.165, 1.54) is 0 Å². The minimum absolute atomic E-state index is 0.0690. The van der Waals surface area contributed by atoms with E-state index in [1.807, 2.05) is 13.8 Å². The number of nitrogens with zero attached hydrogens (tertiary/aromatic N) is 3. The van der Waals surface area contributed by atoms with E-state index in [4.69, 9.17) is 0 Å². The summed E-state index contributed by atoms with van der Waals surface area (Å²) < 4.78 is 38.7. The summed E-state index contributed by atoms with van der Waals surface area (Å²) in [6.07, 6.45) is -2.99. The second kappa shape index (κ2) is 9.21. The monoisotopic (exact) mass is 456 g/mol. The van der Waals surface area contributed by atoms with Gasteiger partial charge in [0.15, 0.2) is 0 Å². The van der Waals surface area contributed by atoms with Crippen molar-refractivity contribution in [2.24, 2.45) is 5.92 Å². The molecule has 0 bridgehead atoms. The molecule has 1 aliphatic rings. The Morgan fingerprint density at radius 1 is 1.32 bits per heavy atom. The largest absolute Gasteiger partial charge is 0.416 e. The lowest BCUT2D eigenvalue weighted by molar-refractivity contribution is -0.384. The first-order chi connectivity index (χ1) is 14.6. The van der Waals surface area contributed by atoms with Crippen LogP contribution in [0.25, 0.3) is 0 Å². The second-order valence-electron chi connectivity index (χ2n) is 7.50. The lowest BCUT2D eigenvalue weighted by Gasteiger charge is -2.32. The summed E-state index contributed by atoms with van der Waals surface area (Å²) in [6, 6.07) is 2.56. The molecule has 7 nitrogen and oxygen atoms in total. The molecular formula is C20H23F3N4O3S. The van der Waals surface area contributed by atoms with Crippen LogP contribution in [0.4, 0.5) is 24.5 Å². The molecule has 1 aromatic carbocycles. The Morgan fingerprint density at radius 3 is 2.55 bits per heavy atom. The van der Waals surface area contributed by atoms with Crippen LogP contribution in [0.3, 0.4) is 0 Å². The van der Waals surface area contributed by atoms with E-state index in [0.29, 0.717) is 45.0 Å². The molecule has 1 N–H and O–H groups in total. The third kappa shape index (κ3) is 5.52. The van der Waals surface area contributed by atoms with Gasteiger partial charge in [0.25, 0.3) is 5.69 Å². The summed E-state index contributed by atoms with van der Waals surface area (Å²) in [5.41, 5.74) is -0.507. The lowest BCUT2D eigenvalue weighted by Crippen LogP contribution is -2.41. The van der Waals surface area contributed by atoms with Crippen LogP contribution in [0, 0.1) is 29.9 Å². The Morgan fingerprint density at radius 2 is 2.00 bits per heavy atom. The molecule has 1 aliphatic heterocycles. The maximum absolute atomic E-state index is 12.9. The number of anilines is 1. The van der Waals surface area contributed by atoms with Gasteiger partial charge in [-0.3, -0.25) is 14.9 Å². The predicted octanol–water partition coefficient (Wildman–Crippen LogP) is 4.26. The zero-order valence-electron chi connectivity index (χ0n) is 17.2. The van der Waals surface area contributed by atoms with Gasteiger partial charge in [-0.2, -0.15) is 13.2 Å². The number of halogens is 3. The number of carbonyl (C=O) groups is 1. The molecule has 0 unspecified atom stereocenters. The molecule has 1 aromatic heterocycles. The van der Waals surface area contributed by atoms with Crippen LogP contribution in [-0.4, -0.2) is 35.4 Å². The number of carbonyl (C=O) groups excluding carboxylic acids is 1. The van der Waals surface area contributed by atoms with E-state index in [9.17, 15) is 28.1 Å². The van der Waals surface area contributed by atoms with Crippen LogP contribution >= 0.6 is 11.3 Å². The number of aromatic nitrogens is 1. The quantitative estimate of drug-likeness (QED) is 0.518. The zero-order chi connectivity index (χ0) is 22.8. The fraction of sp³-hybridized carbons (Fsp3) is 0.500. The number of aryl methyl sites for hydroxylation is 2. The number of piperidine rings is 1. The van der Waals surface area contributed by atoms with Gasteiger partial charge in [0, 0.05) is 42.9 Å². The van der Waals surface area contributed by atoms with Crippen molar-refractivity contribution in [2.75, 3.05) is 24.5 Å². The molecule has 31 heavy (non-hydrogen) atoms. The van der Waals surface area contributed by atoms with Crippen molar-refractivity contribution in [3.63, 3.8) is 0 Å². The van der Waals surface area contributed by atoms with Crippen molar-refractivity contribution in [3.05, 3.63) is 49.5 Å².